The molecule has 2 aromatic heterocycles. The summed E-state index contributed by atoms with van der Waals surface area (Å²) in [7, 11) is 3.93. The molecular formula is C25H29N5OS. The minimum atomic E-state index is 0.00780. The first-order chi connectivity index (χ1) is 15.5. The average Bonchev–Trinajstić information content (AvgIpc) is 3.33. The Balaban J connectivity index is 1.37. The molecule has 0 atom stereocenters. The van der Waals surface area contributed by atoms with Crippen molar-refractivity contribution in [2.24, 2.45) is 0 Å². The van der Waals surface area contributed by atoms with Crippen molar-refractivity contribution in [1.82, 2.24) is 14.9 Å². The molecule has 6 nitrogen and oxygen atoms in total. The van der Waals surface area contributed by atoms with Gasteiger partial charge in [-0.25, -0.2) is 4.98 Å². The molecule has 4 heterocycles. The number of amides is 1. The SMILES string of the molecule is CN(C)c1nccc(N2CCC3(CC2)CN(C(=O)Cc2cccs2)Cc2ccccc23)n1. The van der Waals surface area contributed by atoms with Crippen LogP contribution < -0.4 is 9.80 Å². The fraction of sp³-hybridized carbons (Fsp3) is 0.400. The van der Waals surface area contributed by atoms with E-state index in [2.05, 4.69) is 45.1 Å². The van der Waals surface area contributed by atoms with Crippen LogP contribution >= 0.6 is 11.3 Å². The summed E-state index contributed by atoms with van der Waals surface area (Å²) in [5.74, 6) is 1.94. The summed E-state index contributed by atoms with van der Waals surface area (Å²) in [5.41, 5.74) is 2.73. The highest BCUT2D eigenvalue weighted by Gasteiger charge is 2.43. The number of aromatic nitrogens is 2. The van der Waals surface area contributed by atoms with Gasteiger partial charge in [-0.05, 0) is 41.5 Å². The number of carbonyl (C=O) groups excluding carboxylic acids is 1. The summed E-state index contributed by atoms with van der Waals surface area (Å²) in [6, 6.07) is 14.8. The summed E-state index contributed by atoms with van der Waals surface area (Å²) < 4.78 is 0. The van der Waals surface area contributed by atoms with Gasteiger partial charge in [-0.15, -0.1) is 11.3 Å². The molecular weight excluding hydrogens is 418 g/mol. The number of hydrogen-bond acceptors (Lipinski definition) is 6. The fourth-order valence-corrected chi connectivity index (χ4v) is 5.76. The van der Waals surface area contributed by atoms with Gasteiger partial charge in [0.15, 0.2) is 0 Å². The van der Waals surface area contributed by atoms with E-state index in [1.165, 1.54) is 11.1 Å². The normalized spacial score (nSPS) is 17.3. The van der Waals surface area contributed by atoms with Crippen molar-refractivity contribution in [1.29, 1.82) is 0 Å². The Hall–Kier alpha value is -2.93. The fourth-order valence-electron chi connectivity index (χ4n) is 5.06. The molecule has 3 aromatic rings. The van der Waals surface area contributed by atoms with Gasteiger partial charge in [0.1, 0.15) is 5.82 Å². The first-order valence-corrected chi connectivity index (χ1v) is 12.1. The molecule has 0 radical (unpaired) electrons. The number of fused-ring (bicyclic) bond motifs is 2. The van der Waals surface area contributed by atoms with Crippen molar-refractivity contribution in [2.75, 3.05) is 43.5 Å². The molecule has 0 unspecified atom stereocenters. The van der Waals surface area contributed by atoms with Gasteiger partial charge in [-0.3, -0.25) is 4.79 Å². The van der Waals surface area contributed by atoms with E-state index in [0.717, 1.165) is 49.1 Å². The van der Waals surface area contributed by atoms with Crippen LogP contribution in [-0.2, 0) is 23.2 Å². The van der Waals surface area contributed by atoms with E-state index in [1.54, 1.807) is 11.3 Å². The van der Waals surface area contributed by atoms with E-state index < -0.39 is 0 Å². The van der Waals surface area contributed by atoms with Crippen LogP contribution in [0.5, 0.6) is 0 Å². The molecule has 0 saturated carbocycles. The lowest BCUT2D eigenvalue weighted by molar-refractivity contribution is -0.132. The van der Waals surface area contributed by atoms with Crippen LogP contribution in [0.4, 0.5) is 11.8 Å². The third-order valence-electron chi connectivity index (χ3n) is 6.77. The molecule has 1 spiro atoms. The van der Waals surface area contributed by atoms with Crippen molar-refractivity contribution in [3.05, 3.63) is 70.0 Å². The second kappa shape index (κ2) is 8.54. The van der Waals surface area contributed by atoms with E-state index in [9.17, 15) is 4.79 Å². The quantitative estimate of drug-likeness (QED) is 0.610. The Labute approximate surface area is 193 Å². The van der Waals surface area contributed by atoms with Crippen LogP contribution in [0.1, 0.15) is 28.8 Å². The molecule has 0 N–H and O–H groups in total. The maximum atomic E-state index is 13.2. The van der Waals surface area contributed by atoms with Gasteiger partial charge in [0.2, 0.25) is 11.9 Å². The Morgan fingerprint density at radius 2 is 1.94 bits per heavy atom. The number of rotatable bonds is 4. The number of benzene rings is 1. The highest BCUT2D eigenvalue weighted by molar-refractivity contribution is 7.10. The topological polar surface area (TPSA) is 52.6 Å². The molecule has 1 fully saturated rings. The highest BCUT2D eigenvalue weighted by atomic mass is 32.1. The largest absolute Gasteiger partial charge is 0.356 e. The van der Waals surface area contributed by atoms with Gasteiger partial charge in [-0.1, -0.05) is 30.3 Å². The van der Waals surface area contributed by atoms with E-state index in [-0.39, 0.29) is 11.3 Å². The van der Waals surface area contributed by atoms with Crippen molar-refractivity contribution in [3.8, 4) is 0 Å². The summed E-state index contributed by atoms with van der Waals surface area (Å²) in [4.78, 5) is 29.8. The standard InChI is InChI=1S/C25H29N5OS/c1-28(2)24-26-12-9-22(27-24)29-13-10-25(11-14-29)18-30(17-19-6-3-4-8-21(19)25)23(31)16-20-7-5-15-32-20/h3-9,12,15H,10-11,13-14,16-18H2,1-2H3. The molecule has 5 rings (SSSR count). The number of thiophene rings is 1. The third kappa shape index (κ3) is 3.97. The van der Waals surface area contributed by atoms with Gasteiger partial charge in [0, 0.05) is 56.8 Å². The number of anilines is 2. The minimum Gasteiger partial charge on any atom is -0.356 e. The molecule has 166 valence electrons. The van der Waals surface area contributed by atoms with Crippen molar-refractivity contribution < 1.29 is 4.79 Å². The van der Waals surface area contributed by atoms with Crippen molar-refractivity contribution in [2.45, 2.75) is 31.2 Å². The van der Waals surface area contributed by atoms with Crippen LogP contribution in [0, 0.1) is 0 Å². The van der Waals surface area contributed by atoms with Crippen LogP contribution in [0.3, 0.4) is 0 Å². The Morgan fingerprint density at radius 3 is 2.69 bits per heavy atom. The average molecular weight is 448 g/mol. The first-order valence-electron chi connectivity index (χ1n) is 11.2. The van der Waals surface area contributed by atoms with Gasteiger partial charge < -0.3 is 14.7 Å². The van der Waals surface area contributed by atoms with Crippen LogP contribution in [0.15, 0.2) is 54.0 Å². The monoisotopic (exact) mass is 447 g/mol. The van der Waals surface area contributed by atoms with Gasteiger partial charge in [-0.2, -0.15) is 4.98 Å². The predicted octanol–water partition coefficient (Wildman–Crippen LogP) is 3.73. The number of piperidine rings is 1. The van der Waals surface area contributed by atoms with E-state index in [1.807, 2.05) is 42.7 Å². The first kappa shape index (κ1) is 20.9. The zero-order chi connectivity index (χ0) is 22.1. The number of hydrogen-bond donors (Lipinski definition) is 0. The molecule has 1 saturated heterocycles. The molecule has 0 bridgehead atoms. The van der Waals surface area contributed by atoms with Gasteiger partial charge in [0.05, 0.1) is 6.42 Å². The van der Waals surface area contributed by atoms with Crippen LogP contribution in [-0.4, -0.2) is 54.5 Å². The molecule has 0 aliphatic carbocycles. The number of nitrogens with zero attached hydrogens (tertiary/aromatic N) is 5. The Bertz CT molecular complexity index is 1090. The third-order valence-corrected chi connectivity index (χ3v) is 7.65. The molecule has 7 heteroatoms. The lowest BCUT2D eigenvalue weighted by Crippen LogP contribution is -2.53. The Kier molecular flexibility index (Phi) is 5.59. The van der Waals surface area contributed by atoms with Gasteiger partial charge in [0.25, 0.3) is 0 Å². The summed E-state index contributed by atoms with van der Waals surface area (Å²) in [6.45, 7) is 3.36. The second-order valence-electron chi connectivity index (χ2n) is 9.04. The molecule has 2 aliphatic rings. The van der Waals surface area contributed by atoms with Gasteiger partial charge >= 0.3 is 0 Å². The summed E-state index contributed by atoms with van der Waals surface area (Å²) in [5, 5.41) is 2.04. The lowest BCUT2D eigenvalue weighted by atomic mass is 9.68. The molecule has 2 aliphatic heterocycles. The summed E-state index contributed by atoms with van der Waals surface area (Å²) >= 11 is 1.66. The van der Waals surface area contributed by atoms with E-state index in [4.69, 9.17) is 4.98 Å². The highest BCUT2D eigenvalue weighted by Crippen LogP contribution is 2.42. The molecule has 32 heavy (non-hydrogen) atoms. The second-order valence-corrected chi connectivity index (χ2v) is 10.1. The maximum Gasteiger partial charge on any atom is 0.228 e. The molecule has 1 aromatic carbocycles. The maximum absolute atomic E-state index is 13.2. The summed E-state index contributed by atoms with van der Waals surface area (Å²) in [6.07, 6.45) is 4.35. The zero-order valence-electron chi connectivity index (χ0n) is 18.7. The van der Waals surface area contributed by atoms with E-state index >= 15 is 0 Å². The van der Waals surface area contributed by atoms with Crippen molar-refractivity contribution >= 4 is 29.0 Å². The predicted molar refractivity (Wildman–Crippen MR) is 129 cm³/mol. The zero-order valence-corrected chi connectivity index (χ0v) is 19.5. The lowest BCUT2D eigenvalue weighted by Gasteiger charge is -2.49. The van der Waals surface area contributed by atoms with Crippen molar-refractivity contribution in [3.63, 3.8) is 0 Å². The Morgan fingerprint density at radius 1 is 1.12 bits per heavy atom. The number of carbonyl (C=O) groups is 1. The van der Waals surface area contributed by atoms with E-state index in [0.29, 0.717) is 13.0 Å². The van der Waals surface area contributed by atoms with Crippen LogP contribution in [0.2, 0.25) is 0 Å². The van der Waals surface area contributed by atoms with Crippen LogP contribution in [0.25, 0.3) is 0 Å². The molecule has 1 amide bonds. The smallest absolute Gasteiger partial charge is 0.228 e. The minimum absolute atomic E-state index is 0.00780.